The van der Waals surface area contributed by atoms with Crippen molar-refractivity contribution in [2.75, 3.05) is 19.7 Å². The molecule has 2 heterocycles. The summed E-state index contributed by atoms with van der Waals surface area (Å²) in [7, 11) is 0. The zero-order chi connectivity index (χ0) is 33.3. The molecule has 0 aliphatic carbocycles. The molecule has 3 rings (SSSR count). The van der Waals surface area contributed by atoms with Gasteiger partial charge in [0.15, 0.2) is 0 Å². The minimum absolute atomic E-state index is 0.0428. The summed E-state index contributed by atoms with van der Waals surface area (Å²) in [5.41, 5.74) is -0.432. The van der Waals surface area contributed by atoms with Gasteiger partial charge in [0.05, 0.1) is 12.5 Å². The van der Waals surface area contributed by atoms with Crippen LogP contribution in [0.4, 0.5) is 13.2 Å². The van der Waals surface area contributed by atoms with Crippen LogP contribution in [-0.2, 0) is 39.9 Å². The number of carboxylic acid groups (broad SMARTS) is 2. The van der Waals surface area contributed by atoms with Crippen LogP contribution in [0.2, 0.25) is 0 Å². The molecule has 44 heavy (non-hydrogen) atoms. The number of hydrogen-bond donors (Lipinski definition) is 6. The van der Waals surface area contributed by atoms with E-state index in [0.717, 1.165) is 0 Å². The van der Waals surface area contributed by atoms with E-state index in [9.17, 15) is 52.2 Å². The van der Waals surface area contributed by atoms with Crippen LogP contribution in [0.25, 0.3) is 0 Å². The molecule has 244 valence electrons. The summed E-state index contributed by atoms with van der Waals surface area (Å²) >= 11 is 0. The normalized spacial score (nSPS) is 22.6. The average molecular weight is 633 g/mol. The van der Waals surface area contributed by atoms with Crippen molar-refractivity contribution in [2.45, 2.75) is 63.4 Å². The lowest BCUT2D eigenvalue weighted by Crippen LogP contribution is -2.70. The smallest absolute Gasteiger partial charge is 0.490 e. The second kappa shape index (κ2) is 14.9. The van der Waals surface area contributed by atoms with Crippen LogP contribution in [0.5, 0.6) is 5.75 Å². The molecule has 7 N–H and O–H groups in total. The van der Waals surface area contributed by atoms with Gasteiger partial charge in [-0.2, -0.15) is 13.2 Å². The number of esters is 1. The second-order valence-corrected chi connectivity index (χ2v) is 10.6. The number of aliphatic carboxylic acids is 2. The number of halogens is 3. The Morgan fingerprint density at radius 3 is 2.27 bits per heavy atom. The molecule has 3 unspecified atom stereocenters. The maximum Gasteiger partial charge on any atom is 0.490 e. The summed E-state index contributed by atoms with van der Waals surface area (Å²) in [6.45, 7) is 2.87. The van der Waals surface area contributed by atoms with Crippen LogP contribution < -0.4 is 26.4 Å². The highest BCUT2D eigenvalue weighted by molar-refractivity contribution is 6.35. The number of fused-ring (bicyclic) bond motifs is 11. The average Bonchev–Trinajstić information content (AvgIpc) is 2.92. The lowest BCUT2D eigenvalue weighted by molar-refractivity contribution is -0.224. The first-order valence-electron chi connectivity index (χ1n) is 13.6. The van der Waals surface area contributed by atoms with Crippen LogP contribution >= 0.6 is 0 Å². The molecule has 3 amide bonds. The lowest BCUT2D eigenvalue weighted by atomic mass is 9.77. The Hall–Kier alpha value is -4.41. The van der Waals surface area contributed by atoms with Crippen molar-refractivity contribution in [1.29, 1.82) is 0 Å². The largest absolute Gasteiger partial charge is 0.494 e. The van der Waals surface area contributed by atoms with E-state index in [0.29, 0.717) is 0 Å². The first-order chi connectivity index (χ1) is 20.5. The van der Waals surface area contributed by atoms with E-state index in [2.05, 4.69) is 15.4 Å². The Balaban J connectivity index is 2.74. The predicted molar refractivity (Wildman–Crippen MR) is 144 cm³/mol. The van der Waals surface area contributed by atoms with Gasteiger partial charge in [-0.3, -0.25) is 14.4 Å². The molecule has 3 atom stereocenters. The molecule has 0 saturated carbocycles. The van der Waals surface area contributed by atoms with Crippen molar-refractivity contribution >= 4 is 35.6 Å². The van der Waals surface area contributed by atoms with E-state index < -0.39 is 84.2 Å². The van der Waals surface area contributed by atoms with Crippen LogP contribution in [0, 0.1) is 11.8 Å². The van der Waals surface area contributed by atoms with E-state index in [1.807, 2.05) is 5.32 Å². The third kappa shape index (κ3) is 9.05. The lowest BCUT2D eigenvalue weighted by Gasteiger charge is -2.39. The van der Waals surface area contributed by atoms with Crippen LogP contribution in [0.1, 0.15) is 45.1 Å². The number of amides is 3. The van der Waals surface area contributed by atoms with Gasteiger partial charge in [-0.25, -0.2) is 14.4 Å². The van der Waals surface area contributed by atoms with Gasteiger partial charge in [-0.1, -0.05) is 26.0 Å². The number of nitrogens with one attached hydrogen (secondary N) is 3. The van der Waals surface area contributed by atoms with Crippen LogP contribution in [0.15, 0.2) is 24.3 Å². The summed E-state index contributed by atoms with van der Waals surface area (Å²) in [6, 6.07) is 5.62. The van der Waals surface area contributed by atoms with Crippen molar-refractivity contribution in [3.05, 3.63) is 29.8 Å². The number of carbonyl (C=O) groups excluding carboxylic acids is 4. The Morgan fingerprint density at radius 1 is 1.11 bits per heavy atom. The fourth-order valence-corrected chi connectivity index (χ4v) is 4.57. The summed E-state index contributed by atoms with van der Waals surface area (Å²) in [4.78, 5) is 76.6. The number of carbonyl (C=O) groups is 6. The molecule has 0 aromatic heterocycles. The van der Waals surface area contributed by atoms with Gasteiger partial charge in [-0.05, 0) is 49.4 Å². The van der Waals surface area contributed by atoms with Crippen molar-refractivity contribution in [1.82, 2.24) is 16.0 Å². The third-order valence-electron chi connectivity index (χ3n) is 6.71. The molecule has 2 aliphatic heterocycles. The molecule has 14 nitrogen and oxygen atoms in total. The number of nitrogens with two attached hydrogens (primary N) is 1. The maximum absolute atomic E-state index is 13.9. The standard InChI is InChI=1S/C27H35F3N4O10/c1-15(2)13-18-19(35)33-26(23(40)41,34-21(37)20(36)32-11-4-10-31)14-16-5-7-17(8-6-16)43-12-3-9-25(18,22(38)39)44-24(42)27(28,29)30/h5-8,15,18H,3-4,9-14,31H2,1-2H3,(H,32,36)(H,33,35)(H,34,37)(H,38,39)(H,40,41). The topological polar surface area (TPSA) is 223 Å². The zero-order valence-electron chi connectivity index (χ0n) is 24.0. The van der Waals surface area contributed by atoms with E-state index in [1.54, 1.807) is 0 Å². The highest BCUT2D eigenvalue weighted by Crippen LogP contribution is 2.36. The van der Waals surface area contributed by atoms with Gasteiger partial charge in [0, 0.05) is 19.4 Å². The molecule has 1 aromatic carbocycles. The summed E-state index contributed by atoms with van der Waals surface area (Å²) in [5.74, 6) is -13.6. The highest BCUT2D eigenvalue weighted by atomic mass is 19.4. The first kappa shape index (κ1) is 35.8. The minimum atomic E-state index is -5.64. The molecule has 0 spiro atoms. The van der Waals surface area contributed by atoms with Gasteiger partial charge >= 0.3 is 35.9 Å². The quantitative estimate of drug-likeness (QED) is 0.125. The van der Waals surface area contributed by atoms with Crippen molar-refractivity contribution < 1.29 is 61.6 Å². The van der Waals surface area contributed by atoms with Crippen molar-refractivity contribution in [3.8, 4) is 5.75 Å². The monoisotopic (exact) mass is 632 g/mol. The van der Waals surface area contributed by atoms with Gasteiger partial charge in [-0.15, -0.1) is 0 Å². The fraction of sp³-hybridized carbons (Fsp3) is 0.556. The number of rotatable bonds is 9. The molecule has 17 heteroatoms. The highest BCUT2D eigenvalue weighted by Gasteiger charge is 2.58. The number of benzene rings is 1. The van der Waals surface area contributed by atoms with Gasteiger partial charge < -0.3 is 41.4 Å². The van der Waals surface area contributed by atoms with Gasteiger partial charge in [0.2, 0.25) is 17.2 Å². The molecule has 0 radical (unpaired) electrons. The first-order valence-corrected chi connectivity index (χ1v) is 13.6. The Labute approximate surface area is 249 Å². The maximum atomic E-state index is 13.9. The van der Waals surface area contributed by atoms with Crippen molar-refractivity contribution in [3.63, 3.8) is 0 Å². The number of ether oxygens (including phenoxy) is 2. The van der Waals surface area contributed by atoms with Gasteiger partial charge in [0.25, 0.3) is 0 Å². The van der Waals surface area contributed by atoms with Crippen LogP contribution in [-0.4, -0.2) is 83.0 Å². The van der Waals surface area contributed by atoms with E-state index in [4.69, 9.17) is 10.5 Å². The van der Waals surface area contributed by atoms with E-state index in [-0.39, 0.29) is 43.9 Å². The zero-order valence-corrected chi connectivity index (χ0v) is 24.0. The molecule has 0 fully saturated rings. The molecule has 0 saturated heterocycles. The minimum Gasteiger partial charge on any atom is -0.494 e. The molecular formula is C27H35F3N4O10. The fourth-order valence-electron chi connectivity index (χ4n) is 4.57. The van der Waals surface area contributed by atoms with E-state index in [1.165, 1.54) is 38.1 Å². The predicted octanol–water partition coefficient (Wildman–Crippen LogP) is 0.471. The SMILES string of the molecule is CC(C)CC1C(=O)NC(NC(=O)C(=O)NCCCN)(C(=O)O)Cc2ccc(cc2)OCCCC1(OC(=O)C(F)(F)F)C(=O)O. The third-order valence-corrected chi connectivity index (χ3v) is 6.71. The molecule has 1 aromatic rings. The molecule has 2 bridgehead atoms. The summed E-state index contributed by atoms with van der Waals surface area (Å²) < 4.78 is 50.2. The Bertz CT molecular complexity index is 1240. The summed E-state index contributed by atoms with van der Waals surface area (Å²) in [6.07, 6.45) is -7.74. The molecule has 2 aliphatic rings. The number of carboxylic acids is 2. The van der Waals surface area contributed by atoms with E-state index >= 15 is 0 Å². The Kier molecular flexibility index (Phi) is 12.1. The van der Waals surface area contributed by atoms with Crippen LogP contribution in [0.3, 0.4) is 0 Å². The number of alkyl halides is 3. The number of hydrogen-bond acceptors (Lipinski definition) is 9. The second-order valence-electron chi connectivity index (χ2n) is 10.6. The van der Waals surface area contributed by atoms with Crippen molar-refractivity contribution in [2.24, 2.45) is 17.6 Å². The molecular weight excluding hydrogens is 597 g/mol. The summed E-state index contributed by atoms with van der Waals surface area (Å²) in [5, 5.41) is 26.8. The van der Waals surface area contributed by atoms with Gasteiger partial charge in [0.1, 0.15) is 5.75 Å². The Morgan fingerprint density at radius 2 is 1.75 bits per heavy atom.